The number of nitrogens with two attached hydrogens (primary N) is 1. The molecule has 2 aromatic rings. The van der Waals surface area contributed by atoms with Crippen molar-refractivity contribution in [1.82, 2.24) is 4.90 Å². The number of nitrogen functional groups attached to an aromatic ring is 1. The fourth-order valence-corrected chi connectivity index (χ4v) is 5.81. The molecule has 1 amide bonds. The lowest BCUT2D eigenvalue weighted by Gasteiger charge is -2.39. The van der Waals surface area contributed by atoms with E-state index in [9.17, 15) is 4.79 Å². The SMILES string of the molecule is C[C@@H]1CCC[C@H](C)N1CCCCCN1C(=O)C(c2ccc(C(=N)N)s2)Oc2ccccc21. The second-order valence-corrected chi connectivity index (χ2v) is 10.1. The van der Waals surface area contributed by atoms with Gasteiger partial charge in [-0.25, -0.2) is 0 Å². The lowest BCUT2D eigenvalue weighted by atomic mass is 9.97. The number of piperidine rings is 1. The number of rotatable bonds is 8. The zero-order valence-corrected chi connectivity index (χ0v) is 19.9. The summed E-state index contributed by atoms with van der Waals surface area (Å²) in [5.74, 6) is 0.698. The first kappa shape index (κ1) is 22.8. The quantitative estimate of drug-likeness (QED) is 0.336. The van der Waals surface area contributed by atoms with Crippen LogP contribution in [0.1, 0.15) is 68.2 Å². The number of thiophene rings is 1. The lowest BCUT2D eigenvalue weighted by molar-refractivity contribution is -0.126. The Morgan fingerprint density at radius 2 is 1.81 bits per heavy atom. The second kappa shape index (κ2) is 10.0. The summed E-state index contributed by atoms with van der Waals surface area (Å²) in [6.07, 6.45) is 6.49. The van der Waals surface area contributed by atoms with Crippen molar-refractivity contribution in [2.75, 3.05) is 18.0 Å². The highest BCUT2D eigenvalue weighted by Gasteiger charge is 2.36. The molecule has 7 heteroatoms. The van der Waals surface area contributed by atoms with E-state index in [-0.39, 0.29) is 11.7 Å². The third kappa shape index (κ3) is 4.84. The molecular weight excluding hydrogens is 420 g/mol. The highest BCUT2D eigenvalue weighted by atomic mass is 32.1. The topological polar surface area (TPSA) is 82.7 Å². The minimum absolute atomic E-state index is 0.0131. The summed E-state index contributed by atoms with van der Waals surface area (Å²) in [5, 5.41) is 7.65. The van der Waals surface area contributed by atoms with E-state index in [0.717, 1.165) is 42.1 Å². The summed E-state index contributed by atoms with van der Waals surface area (Å²) in [6, 6.07) is 12.7. The number of amides is 1. The molecule has 0 bridgehead atoms. The van der Waals surface area contributed by atoms with Gasteiger partial charge in [-0.15, -0.1) is 11.3 Å². The van der Waals surface area contributed by atoms with Crippen LogP contribution >= 0.6 is 11.3 Å². The van der Waals surface area contributed by atoms with Crippen molar-refractivity contribution in [3.63, 3.8) is 0 Å². The smallest absolute Gasteiger partial charge is 0.273 e. The Labute approximate surface area is 194 Å². The van der Waals surface area contributed by atoms with Gasteiger partial charge in [0, 0.05) is 18.6 Å². The van der Waals surface area contributed by atoms with E-state index >= 15 is 0 Å². The molecule has 6 nitrogen and oxygen atoms in total. The number of carbonyl (C=O) groups excluding carboxylic acids is 1. The first-order chi connectivity index (χ1) is 15.5. The maximum Gasteiger partial charge on any atom is 0.273 e. The fourth-order valence-electron chi connectivity index (χ4n) is 4.92. The number of carbonyl (C=O) groups is 1. The first-order valence-electron chi connectivity index (χ1n) is 11.7. The lowest BCUT2D eigenvalue weighted by Crippen LogP contribution is -2.44. The summed E-state index contributed by atoms with van der Waals surface area (Å²) < 4.78 is 6.09. The molecular formula is C25H34N4O2S. The van der Waals surface area contributed by atoms with Crippen LogP contribution in [0.4, 0.5) is 5.69 Å². The predicted octanol–water partition coefficient (Wildman–Crippen LogP) is 4.93. The van der Waals surface area contributed by atoms with Crippen LogP contribution in [0.25, 0.3) is 0 Å². The Morgan fingerprint density at radius 1 is 1.09 bits per heavy atom. The van der Waals surface area contributed by atoms with Gasteiger partial charge in [0.15, 0.2) is 0 Å². The monoisotopic (exact) mass is 454 g/mol. The number of nitrogens with zero attached hydrogens (tertiary/aromatic N) is 2. The van der Waals surface area contributed by atoms with Gasteiger partial charge in [-0.1, -0.05) is 25.0 Å². The van der Waals surface area contributed by atoms with Crippen molar-refractivity contribution in [3.05, 3.63) is 46.2 Å². The third-order valence-electron chi connectivity index (χ3n) is 6.72. The van der Waals surface area contributed by atoms with Gasteiger partial charge >= 0.3 is 0 Å². The van der Waals surface area contributed by atoms with Crippen molar-refractivity contribution in [2.24, 2.45) is 5.73 Å². The number of amidine groups is 1. The molecule has 4 rings (SSSR count). The van der Waals surface area contributed by atoms with Gasteiger partial charge < -0.3 is 15.4 Å². The van der Waals surface area contributed by atoms with E-state index in [1.165, 1.54) is 30.6 Å². The van der Waals surface area contributed by atoms with E-state index in [0.29, 0.717) is 23.5 Å². The third-order valence-corrected chi connectivity index (χ3v) is 7.88. The molecule has 0 aliphatic carbocycles. The normalized spacial score (nSPS) is 23.6. The minimum atomic E-state index is -0.682. The van der Waals surface area contributed by atoms with Crippen molar-refractivity contribution in [2.45, 2.75) is 70.6 Å². The summed E-state index contributed by atoms with van der Waals surface area (Å²) >= 11 is 1.35. The van der Waals surface area contributed by atoms with Crippen LogP contribution in [0.3, 0.4) is 0 Å². The van der Waals surface area contributed by atoms with Crippen LogP contribution in [-0.2, 0) is 4.79 Å². The van der Waals surface area contributed by atoms with Crippen molar-refractivity contribution < 1.29 is 9.53 Å². The highest BCUT2D eigenvalue weighted by molar-refractivity contribution is 7.14. The second-order valence-electron chi connectivity index (χ2n) is 9.00. The van der Waals surface area contributed by atoms with E-state index in [2.05, 4.69) is 18.7 Å². The molecule has 3 heterocycles. The number of hydrogen-bond donors (Lipinski definition) is 2. The molecule has 3 atom stereocenters. The zero-order valence-electron chi connectivity index (χ0n) is 19.0. The van der Waals surface area contributed by atoms with Crippen LogP contribution in [0.5, 0.6) is 5.75 Å². The van der Waals surface area contributed by atoms with Gasteiger partial charge in [-0.05, 0) is 70.3 Å². The van der Waals surface area contributed by atoms with Crippen molar-refractivity contribution in [3.8, 4) is 5.75 Å². The summed E-state index contributed by atoms with van der Waals surface area (Å²) in [6.45, 7) is 6.52. The molecule has 1 aromatic heterocycles. The van der Waals surface area contributed by atoms with Gasteiger partial charge in [-0.2, -0.15) is 0 Å². The van der Waals surface area contributed by atoms with Crippen molar-refractivity contribution >= 4 is 28.8 Å². The number of fused-ring (bicyclic) bond motifs is 1. The van der Waals surface area contributed by atoms with Gasteiger partial charge in [0.25, 0.3) is 5.91 Å². The van der Waals surface area contributed by atoms with Crippen LogP contribution < -0.4 is 15.4 Å². The van der Waals surface area contributed by atoms with Gasteiger partial charge in [-0.3, -0.25) is 15.1 Å². The molecule has 2 aliphatic heterocycles. The summed E-state index contributed by atoms with van der Waals surface area (Å²) in [5.41, 5.74) is 6.46. The van der Waals surface area contributed by atoms with Crippen LogP contribution in [0.15, 0.2) is 36.4 Å². The molecule has 172 valence electrons. The number of benzene rings is 1. The summed E-state index contributed by atoms with van der Waals surface area (Å²) in [7, 11) is 0. The average molecular weight is 455 g/mol. The average Bonchev–Trinajstić information content (AvgIpc) is 3.27. The van der Waals surface area contributed by atoms with Crippen LogP contribution in [-0.4, -0.2) is 41.8 Å². The van der Waals surface area contributed by atoms with E-state index < -0.39 is 6.10 Å². The number of hydrogen-bond acceptors (Lipinski definition) is 5. The molecule has 1 aromatic carbocycles. The Kier molecular flexibility index (Phi) is 7.16. The van der Waals surface area contributed by atoms with Crippen LogP contribution in [0.2, 0.25) is 0 Å². The Balaban J connectivity index is 1.39. The van der Waals surface area contributed by atoms with E-state index in [4.69, 9.17) is 15.9 Å². The molecule has 0 spiro atoms. The number of likely N-dealkylation sites (tertiary alicyclic amines) is 1. The van der Waals surface area contributed by atoms with Gasteiger partial charge in [0.2, 0.25) is 6.10 Å². The summed E-state index contributed by atoms with van der Waals surface area (Å²) in [4.78, 5) is 19.3. The molecule has 3 N–H and O–H groups in total. The molecule has 1 fully saturated rings. The number of nitrogens with one attached hydrogen (secondary N) is 1. The maximum absolute atomic E-state index is 13.4. The van der Waals surface area contributed by atoms with E-state index in [1.807, 2.05) is 35.2 Å². The fraction of sp³-hybridized carbons (Fsp3) is 0.520. The Hall–Kier alpha value is -2.38. The molecule has 1 saturated heterocycles. The molecule has 2 aliphatic rings. The largest absolute Gasteiger partial charge is 0.473 e. The van der Waals surface area contributed by atoms with Gasteiger partial charge in [0.05, 0.1) is 15.4 Å². The predicted molar refractivity (Wildman–Crippen MR) is 131 cm³/mol. The van der Waals surface area contributed by atoms with Gasteiger partial charge in [0.1, 0.15) is 11.6 Å². The molecule has 0 radical (unpaired) electrons. The minimum Gasteiger partial charge on any atom is -0.473 e. The highest BCUT2D eigenvalue weighted by Crippen LogP contribution is 2.40. The standard InChI is InChI=1S/C25H34N4O2S/c1-17-9-8-10-18(2)28(17)15-6-3-7-16-29-19-11-4-5-12-20(19)31-23(25(29)30)21-13-14-22(32-21)24(26)27/h4-5,11-14,17-18,23H,3,6-10,15-16H2,1-2H3,(H3,26,27)/t17-,18+,23?. The number of para-hydroxylation sites is 2. The first-order valence-corrected chi connectivity index (χ1v) is 12.5. The van der Waals surface area contributed by atoms with Crippen LogP contribution in [0, 0.1) is 5.41 Å². The Bertz CT molecular complexity index is 949. The maximum atomic E-state index is 13.4. The van der Waals surface area contributed by atoms with E-state index in [1.54, 1.807) is 6.07 Å². The number of ether oxygens (including phenoxy) is 1. The van der Waals surface area contributed by atoms with Crippen molar-refractivity contribution in [1.29, 1.82) is 5.41 Å². The molecule has 1 unspecified atom stereocenters. The molecule has 0 saturated carbocycles. The Morgan fingerprint density at radius 3 is 2.53 bits per heavy atom. The zero-order chi connectivity index (χ0) is 22.7. The number of anilines is 1. The number of unbranched alkanes of at least 4 members (excludes halogenated alkanes) is 2. The molecule has 32 heavy (non-hydrogen) atoms.